The van der Waals surface area contributed by atoms with Crippen molar-refractivity contribution in [1.82, 2.24) is 5.32 Å². The largest absolute Gasteiger partial charge is 0.497 e. The van der Waals surface area contributed by atoms with Crippen LogP contribution in [0.25, 0.3) is 0 Å². The third-order valence-electron chi connectivity index (χ3n) is 3.77. The molecule has 1 fully saturated rings. The van der Waals surface area contributed by atoms with E-state index in [0.29, 0.717) is 6.54 Å². The molecule has 3 nitrogen and oxygen atoms in total. The van der Waals surface area contributed by atoms with Crippen molar-refractivity contribution in [3.05, 3.63) is 29.8 Å². The quantitative estimate of drug-likeness (QED) is 0.730. The molecule has 1 saturated carbocycles. The lowest BCUT2D eigenvalue weighted by atomic mass is 9.83. The predicted molar refractivity (Wildman–Crippen MR) is 72.8 cm³/mol. The minimum Gasteiger partial charge on any atom is -0.497 e. The SMILES string of the molecule is COc1cccc(C(O)CNCCC2CCC2)c1. The van der Waals surface area contributed by atoms with Crippen LogP contribution in [0.4, 0.5) is 0 Å². The summed E-state index contributed by atoms with van der Waals surface area (Å²) in [6, 6.07) is 7.62. The zero-order chi connectivity index (χ0) is 12.8. The highest BCUT2D eigenvalue weighted by molar-refractivity contribution is 5.29. The van der Waals surface area contributed by atoms with E-state index in [0.717, 1.165) is 23.8 Å². The van der Waals surface area contributed by atoms with Crippen LogP contribution in [0.5, 0.6) is 5.75 Å². The molecule has 0 spiro atoms. The normalized spacial score (nSPS) is 17.2. The van der Waals surface area contributed by atoms with Crippen molar-refractivity contribution in [2.45, 2.75) is 31.8 Å². The Kier molecular flexibility index (Phi) is 5.02. The van der Waals surface area contributed by atoms with Crippen LogP contribution in [0.15, 0.2) is 24.3 Å². The summed E-state index contributed by atoms with van der Waals surface area (Å²) in [5, 5.41) is 13.4. The van der Waals surface area contributed by atoms with Gasteiger partial charge in [-0.05, 0) is 36.6 Å². The first-order valence-corrected chi connectivity index (χ1v) is 6.82. The number of rotatable bonds is 7. The molecule has 100 valence electrons. The van der Waals surface area contributed by atoms with E-state index in [1.165, 1.54) is 25.7 Å². The van der Waals surface area contributed by atoms with Crippen molar-refractivity contribution in [2.24, 2.45) is 5.92 Å². The maximum absolute atomic E-state index is 10.1. The van der Waals surface area contributed by atoms with Gasteiger partial charge in [0, 0.05) is 6.54 Å². The zero-order valence-electron chi connectivity index (χ0n) is 11.1. The first-order chi connectivity index (χ1) is 8.79. The summed E-state index contributed by atoms with van der Waals surface area (Å²) in [5.74, 6) is 1.72. The predicted octanol–water partition coefficient (Wildman–Crippen LogP) is 2.51. The fourth-order valence-corrected chi connectivity index (χ4v) is 2.29. The van der Waals surface area contributed by atoms with Crippen LogP contribution in [0.2, 0.25) is 0 Å². The van der Waals surface area contributed by atoms with Crippen molar-refractivity contribution in [2.75, 3.05) is 20.2 Å². The van der Waals surface area contributed by atoms with Crippen molar-refractivity contribution < 1.29 is 9.84 Å². The minimum atomic E-state index is -0.457. The maximum Gasteiger partial charge on any atom is 0.119 e. The molecule has 0 amide bonds. The highest BCUT2D eigenvalue weighted by atomic mass is 16.5. The van der Waals surface area contributed by atoms with Crippen LogP contribution >= 0.6 is 0 Å². The zero-order valence-corrected chi connectivity index (χ0v) is 11.1. The average molecular weight is 249 g/mol. The Morgan fingerprint density at radius 1 is 1.44 bits per heavy atom. The summed E-state index contributed by atoms with van der Waals surface area (Å²) in [6.07, 6.45) is 4.96. The number of hydrogen-bond acceptors (Lipinski definition) is 3. The molecule has 1 aliphatic rings. The molecule has 3 heteroatoms. The monoisotopic (exact) mass is 249 g/mol. The summed E-state index contributed by atoms with van der Waals surface area (Å²) in [4.78, 5) is 0. The first-order valence-electron chi connectivity index (χ1n) is 6.82. The lowest BCUT2D eigenvalue weighted by molar-refractivity contribution is 0.172. The van der Waals surface area contributed by atoms with E-state index in [4.69, 9.17) is 4.74 Å². The van der Waals surface area contributed by atoms with Crippen LogP contribution < -0.4 is 10.1 Å². The van der Waals surface area contributed by atoms with Gasteiger partial charge in [0.2, 0.25) is 0 Å². The third kappa shape index (κ3) is 3.72. The Bertz CT molecular complexity index is 363. The van der Waals surface area contributed by atoms with Crippen molar-refractivity contribution in [1.29, 1.82) is 0 Å². The van der Waals surface area contributed by atoms with Gasteiger partial charge in [-0.2, -0.15) is 0 Å². The molecular formula is C15H23NO2. The van der Waals surface area contributed by atoms with Crippen molar-refractivity contribution >= 4 is 0 Å². The number of hydrogen-bond donors (Lipinski definition) is 2. The number of aliphatic hydroxyl groups is 1. The number of ether oxygens (including phenoxy) is 1. The average Bonchev–Trinajstić information content (AvgIpc) is 2.36. The van der Waals surface area contributed by atoms with Gasteiger partial charge in [0.05, 0.1) is 13.2 Å². The van der Waals surface area contributed by atoms with Gasteiger partial charge in [0.15, 0.2) is 0 Å². The molecule has 1 aromatic carbocycles. The second-order valence-corrected chi connectivity index (χ2v) is 5.08. The van der Waals surface area contributed by atoms with E-state index < -0.39 is 6.10 Å². The van der Waals surface area contributed by atoms with Gasteiger partial charge >= 0.3 is 0 Å². The molecule has 0 heterocycles. The second-order valence-electron chi connectivity index (χ2n) is 5.08. The molecule has 1 aliphatic carbocycles. The Balaban J connectivity index is 1.70. The van der Waals surface area contributed by atoms with Gasteiger partial charge in [-0.3, -0.25) is 0 Å². The fourth-order valence-electron chi connectivity index (χ4n) is 2.29. The first kappa shape index (κ1) is 13.4. The molecule has 0 aromatic heterocycles. The van der Waals surface area contributed by atoms with E-state index in [-0.39, 0.29) is 0 Å². The lowest BCUT2D eigenvalue weighted by Gasteiger charge is -2.25. The lowest BCUT2D eigenvalue weighted by Crippen LogP contribution is -2.25. The highest BCUT2D eigenvalue weighted by Gasteiger charge is 2.16. The Labute approximate surface area is 109 Å². The standard InChI is InChI=1S/C15H23NO2/c1-18-14-7-3-6-13(10-14)15(17)11-16-9-8-12-4-2-5-12/h3,6-7,10,12,15-17H,2,4-5,8-9,11H2,1H3. The minimum absolute atomic E-state index is 0.457. The van der Waals surface area contributed by atoms with E-state index in [2.05, 4.69) is 5.32 Å². The van der Waals surface area contributed by atoms with Crippen LogP contribution in [0.3, 0.4) is 0 Å². The Morgan fingerprint density at radius 2 is 2.28 bits per heavy atom. The molecule has 1 aromatic rings. The van der Waals surface area contributed by atoms with E-state index in [9.17, 15) is 5.11 Å². The molecule has 1 unspecified atom stereocenters. The molecule has 2 rings (SSSR count). The van der Waals surface area contributed by atoms with E-state index in [1.807, 2.05) is 24.3 Å². The van der Waals surface area contributed by atoms with Crippen molar-refractivity contribution in [3.8, 4) is 5.75 Å². The van der Waals surface area contributed by atoms with Crippen LogP contribution in [-0.2, 0) is 0 Å². The highest BCUT2D eigenvalue weighted by Crippen LogP contribution is 2.28. The van der Waals surface area contributed by atoms with E-state index in [1.54, 1.807) is 7.11 Å². The summed E-state index contributed by atoms with van der Waals surface area (Å²) in [5.41, 5.74) is 0.908. The number of nitrogens with one attached hydrogen (secondary N) is 1. The maximum atomic E-state index is 10.1. The van der Waals surface area contributed by atoms with Crippen LogP contribution in [0.1, 0.15) is 37.4 Å². The van der Waals surface area contributed by atoms with Crippen LogP contribution in [0, 0.1) is 5.92 Å². The fraction of sp³-hybridized carbons (Fsp3) is 0.600. The Morgan fingerprint density at radius 3 is 2.94 bits per heavy atom. The van der Waals surface area contributed by atoms with Gasteiger partial charge in [-0.15, -0.1) is 0 Å². The van der Waals surface area contributed by atoms with Crippen molar-refractivity contribution in [3.63, 3.8) is 0 Å². The molecule has 2 N–H and O–H groups in total. The summed E-state index contributed by atoms with van der Waals surface area (Å²) < 4.78 is 5.15. The summed E-state index contributed by atoms with van der Waals surface area (Å²) >= 11 is 0. The second kappa shape index (κ2) is 6.76. The van der Waals surface area contributed by atoms with Gasteiger partial charge in [-0.25, -0.2) is 0 Å². The van der Waals surface area contributed by atoms with E-state index >= 15 is 0 Å². The number of aliphatic hydroxyl groups excluding tert-OH is 1. The summed E-state index contributed by atoms with van der Waals surface area (Å²) in [6.45, 7) is 1.62. The Hall–Kier alpha value is -1.06. The molecule has 0 saturated heterocycles. The topological polar surface area (TPSA) is 41.5 Å². The van der Waals surface area contributed by atoms with Gasteiger partial charge in [0.25, 0.3) is 0 Å². The van der Waals surface area contributed by atoms with Crippen LogP contribution in [-0.4, -0.2) is 25.3 Å². The molecule has 1 atom stereocenters. The molecular weight excluding hydrogens is 226 g/mol. The molecule has 0 radical (unpaired) electrons. The van der Waals surface area contributed by atoms with Gasteiger partial charge in [0.1, 0.15) is 5.75 Å². The molecule has 0 bridgehead atoms. The molecule has 0 aliphatic heterocycles. The summed E-state index contributed by atoms with van der Waals surface area (Å²) in [7, 11) is 1.64. The third-order valence-corrected chi connectivity index (χ3v) is 3.77. The smallest absolute Gasteiger partial charge is 0.119 e. The molecule has 18 heavy (non-hydrogen) atoms. The number of benzene rings is 1. The van der Waals surface area contributed by atoms with Gasteiger partial charge < -0.3 is 15.2 Å². The van der Waals surface area contributed by atoms with Gasteiger partial charge in [-0.1, -0.05) is 31.4 Å². The number of methoxy groups -OCH3 is 1.